The normalized spacial score (nSPS) is 20.0. The lowest BCUT2D eigenvalue weighted by Crippen LogP contribution is -2.43. The van der Waals surface area contributed by atoms with E-state index in [1.165, 1.54) is 5.56 Å². The lowest BCUT2D eigenvalue weighted by molar-refractivity contribution is -0.151. The molecule has 0 spiro atoms. The van der Waals surface area contributed by atoms with Gasteiger partial charge in [0.15, 0.2) is 0 Å². The molecule has 1 saturated heterocycles. The number of carbonyl (C=O) groups is 1. The number of likely N-dealkylation sites (tertiary alicyclic amines) is 1. The van der Waals surface area contributed by atoms with Crippen LogP contribution in [0.25, 0.3) is 0 Å². The molecule has 2 rings (SSSR count). The van der Waals surface area contributed by atoms with Gasteiger partial charge < -0.3 is 9.84 Å². The van der Waals surface area contributed by atoms with Gasteiger partial charge in [-0.25, -0.2) is 0 Å². The van der Waals surface area contributed by atoms with Crippen LogP contribution >= 0.6 is 0 Å². The number of aliphatic carboxylic acids is 1. The Morgan fingerprint density at radius 3 is 2.38 bits per heavy atom. The monoisotopic (exact) mass is 291 g/mol. The van der Waals surface area contributed by atoms with Crippen molar-refractivity contribution in [1.29, 1.82) is 0 Å². The van der Waals surface area contributed by atoms with Crippen LogP contribution in [0.3, 0.4) is 0 Å². The van der Waals surface area contributed by atoms with Gasteiger partial charge >= 0.3 is 5.97 Å². The Bertz CT molecular complexity index is 475. The number of ether oxygens (including phenoxy) is 1. The van der Waals surface area contributed by atoms with Crippen molar-refractivity contribution < 1.29 is 14.6 Å². The van der Waals surface area contributed by atoms with Crippen molar-refractivity contribution in [2.45, 2.75) is 39.7 Å². The third-order valence-corrected chi connectivity index (χ3v) is 4.64. The summed E-state index contributed by atoms with van der Waals surface area (Å²) in [7, 11) is 0. The molecule has 0 bridgehead atoms. The molecule has 4 heteroatoms. The quantitative estimate of drug-likeness (QED) is 0.904. The summed E-state index contributed by atoms with van der Waals surface area (Å²) in [6.07, 6.45) is 1.42. The summed E-state index contributed by atoms with van der Waals surface area (Å²) >= 11 is 0. The van der Waals surface area contributed by atoms with Gasteiger partial charge in [0, 0.05) is 6.04 Å². The first-order valence-corrected chi connectivity index (χ1v) is 7.66. The summed E-state index contributed by atoms with van der Waals surface area (Å²) in [5.74, 6) is 0.224. The molecule has 1 aromatic rings. The van der Waals surface area contributed by atoms with Crippen LogP contribution in [0.2, 0.25) is 0 Å². The van der Waals surface area contributed by atoms with Crippen LogP contribution in [-0.2, 0) is 4.79 Å². The van der Waals surface area contributed by atoms with E-state index in [2.05, 4.69) is 24.0 Å². The van der Waals surface area contributed by atoms with E-state index < -0.39 is 11.4 Å². The van der Waals surface area contributed by atoms with Gasteiger partial charge in [0.25, 0.3) is 0 Å². The van der Waals surface area contributed by atoms with E-state index in [4.69, 9.17) is 4.74 Å². The molecule has 1 heterocycles. The SMILES string of the molecule is CCOc1ccc(C(C)N2CCC(C)(C(=O)O)CC2)cc1. The molecule has 116 valence electrons. The van der Waals surface area contributed by atoms with Crippen molar-refractivity contribution in [3.63, 3.8) is 0 Å². The first-order valence-electron chi connectivity index (χ1n) is 7.66. The predicted molar refractivity (Wildman–Crippen MR) is 82.6 cm³/mol. The summed E-state index contributed by atoms with van der Waals surface area (Å²) in [4.78, 5) is 13.7. The van der Waals surface area contributed by atoms with Crippen LogP contribution < -0.4 is 4.74 Å². The van der Waals surface area contributed by atoms with Crippen molar-refractivity contribution in [2.24, 2.45) is 5.41 Å². The van der Waals surface area contributed by atoms with Gasteiger partial charge in [-0.2, -0.15) is 0 Å². The van der Waals surface area contributed by atoms with Crippen molar-refractivity contribution >= 4 is 5.97 Å². The van der Waals surface area contributed by atoms with Crippen molar-refractivity contribution in [3.05, 3.63) is 29.8 Å². The second-order valence-corrected chi connectivity index (χ2v) is 6.08. The van der Waals surface area contributed by atoms with E-state index in [-0.39, 0.29) is 0 Å². The molecule has 1 aliphatic rings. The zero-order valence-corrected chi connectivity index (χ0v) is 13.1. The van der Waals surface area contributed by atoms with Crippen LogP contribution in [0.4, 0.5) is 0 Å². The molecule has 1 unspecified atom stereocenters. The molecule has 4 nitrogen and oxygen atoms in total. The number of carboxylic acid groups (broad SMARTS) is 1. The third-order valence-electron chi connectivity index (χ3n) is 4.64. The predicted octanol–water partition coefficient (Wildman–Crippen LogP) is 3.33. The summed E-state index contributed by atoms with van der Waals surface area (Å²) in [6.45, 7) is 8.35. The van der Waals surface area contributed by atoms with Gasteiger partial charge in [-0.05, 0) is 64.4 Å². The number of rotatable bonds is 5. The van der Waals surface area contributed by atoms with Gasteiger partial charge in [-0.3, -0.25) is 9.69 Å². The first kappa shape index (κ1) is 15.8. The fourth-order valence-electron chi connectivity index (χ4n) is 2.84. The average molecular weight is 291 g/mol. The number of benzene rings is 1. The summed E-state index contributed by atoms with van der Waals surface area (Å²) in [6, 6.07) is 8.50. The van der Waals surface area contributed by atoms with E-state index in [0.29, 0.717) is 25.5 Å². The Kier molecular flexibility index (Phi) is 4.88. The minimum atomic E-state index is -0.670. The lowest BCUT2D eigenvalue weighted by Gasteiger charge is -2.39. The van der Waals surface area contributed by atoms with E-state index in [0.717, 1.165) is 18.8 Å². The van der Waals surface area contributed by atoms with Crippen LogP contribution in [0.5, 0.6) is 5.75 Å². The van der Waals surface area contributed by atoms with Crippen LogP contribution in [0.1, 0.15) is 45.2 Å². The second kappa shape index (κ2) is 6.48. The smallest absolute Gasteiger partial charge is 0.309 e. The lowest BCUT2D eigenvalue weighted by atomic mass is 9.80. The highest BCUT2D eigenvalue weighted by molar-refractivity contribution is 5.74. The topological polar surface area (TPSA) is 49.8 Å². The van der Waals surface area contributed by atoms with E-state index in [1.54, 1.807) is 0 Å². The maximum absolute atomic E-state index is 11.3. The molecule has 0 aliphatic carbocycles. The first-order chi connectivity index (χ1) is 9.96. The molecule has 0 amide bonds. The molecule has 1 N–H and O–H groups in total. The zero-order valence-electron chi connectivity index (χ0n) is 13.1. The van der Waals surface area contributed by atoms with Crippen LogP contribution in [0.15, 0.2) is 24.3 Å². The van der Waals surface area contributed by atoms with Gasteiger partial charge in [-0.15, -0.1) is 0 Å². The molecular formula is C17H25NO3. The molecule has 21 heavy (non-hydrogen) atoms. The molecule has 1 fully saturated rings. The Morgan fingerprint density at radius 2 is 1.90 bits per heavy atom. The molecule has 1 atom stereocenters. The molecule has 0 radical (unpaired) electrons. The number of piperidine rings is 1. The molecule has 1 aromatic carbocycles. The van der Waals surface area contributed by atoms with Crippen LogP contribution in [-0.4, -0.2) is 35.7 Å². The number of nitrogens with zero attached hydrogens (tertiary/aromatic N) is 1. The van der Waals surface area contributed by atoms with E-state index >= 15 is 0 Å². The molecule has 0 saturated carbocycles. The maximum atomic E-state index is 11.3. The Labute approximate surface area is 126 Å². The van der Waals surface area contributed by atoms with Crippen molar-refractivity contribution in [1.82, 2.24) is 4.90 Å². The summed E-state index contributed by atoms with van der Waals surface area (Å²) in [5, 5.41) is 9.29. The van der Waals surface area contributed by atoms with Gasteiger partial charge in [0.05, 0.1) is 12.0 Å². The average Bonchev–Trinajstić information content (AvgIpc) is 2.48. The van der Waals surface area contributed by atoms with E-state index in [1.807, 2.05) is 26.0 Å². The minimum Gasteiger partial charge on any atom is -0.494 e. The van der Waals surface area contributed by atoms with Crippen molar-refractivity contribution in [2.75, 3.05) is 19.7 Å². The maximum Gasteiger partial charge on any atom is 0.309 e. The van der Waals surface area contributed by atoms with Crippen molar-refractivity contribution in [3.8, 4) is 5.75 Å². The number of carboxylic acids is 1. The Morgan fingerprint density at radius 1 is 1.33 bits per heavy atom. The summed E-state index contributed by atoms with van der Waals surface area (Å²) in [5.41, 5.74) is 0.687. The minimum absolute atomic E-state index is 0.305. The fraction of sp³-hybridized carbons (Fsp3) is 0.588. The Hall–Kier alpha value is -1.55. The molecular weight excluding hydrogens is 266 g/mol. The molecule has 1 aliphatic heterocycles. The summed E-state index contributed by atoms with van der Waals surface area (Å²) < 4.78 is 5.46. The van der Waals surface area contributed by atoms with Gasteiger partial charge in [-0.1, -0.05) is 12.1 Å². The number of hydrogen-bond acceptors (Lipinski definition) is 3. The second-order valence-electron chi connectivity index (χ2n) is 6.08. The van der Waals surface area contributed by atoms with Gasteiger partial charge in [0.2, 0.25) is 0 Å². The third kappa shape index (κ3) is 3.56. The largest absolute Gasteiger partial charge is 0.494 e. The highest BCUT2D eigenvalue weighted by Gasteiger charge is 2.37. The Balaban J connectivity index is 1.98. The van der Waals surface area contributed by atoms with E-state index in [9.17, 15) is 9.90 Å². The molecule has 0 aromatic heterocycles. The zero-order chi connectivity index (χ0) is 15.5. The highest BCUT2D eigenvalue weighted by Crippen LogP contribution is 2.34. The fourth-order valence-corrected chi connectivity index (χ4v) is 2.84. The highest BCUT2D eigenvalue weighted by atomic mass is 16.5. The standard InChI is InChI=1S/C17H25NO3/c1-4-21-15-7-5-14(6-8-15)13(2)18-11-9-17(3,10-12-18)16(19)20/h5-8,13H,4,9-12H2,1-3H3,(H,19,20). The van der Waals surface area contributed by atoms with Gasteiger partial charge in [0.1, 0.15) is 5.75 Å². The van der Waals surface area contributed by atoms with Crippen LogP contribution in [0, 0.1) is 5.41 Å². The number of hydrogen-bond donors (Lipinski definition) is 1.